The smallest absolute Gasteiger partial charge is 0.227 e. The number of anilines is 3. The molecule has 0 radical (unpaired) electrons. The molecule has 0 saturated carbocycles. The van der Waals surface area contributed by atoms with E-state index in [2.05, 4.69) is 157 Å². The van der Waals surface area contributed by atoms with Crippen molar-refractivity contribution >= 4 is 71.6 Å². The minimum absolute atomic E-state index is 0.600. The maximum Gasteiger partial charge on any atom is 0.227 e. The van der Waals surface area contributed by atoms with Crippen LogP contribution in [0.25, 0.3) is 88.3 Å². The Balaban J connectivity index is 1.03. The molecule has 0 fully saturated rings. The van der Waals surface area contributed by atoms with Gasteiger partial charge in [0, 0.05) is 33.6 Å². The quantitative estimate of drug-likeness (QED) is 0.162. The van der Waals surface area contributed by atoms with Crippen LogP contribution in [-0.4, -0.2) is 4.98 Å². The number of nitrogens with zero attached hydrogens (tertiary/aromatic N) is 2. The largest absolute Gasteiger partial charge is 0.455 e. The van der Waals surface area contributed by atoms with Crippen molar-refractivity contribution in [2.45, 2.75) is 0 Å². The zero-order chi connectivity index (χ0) is 36.3. The van der Waals surface area contributed by atoms with Gasteiger partial charge in [-0.15, -0.1) is 0 Å². The van der Waals surface area contributed by atoms with Crippen molar-refractivity contribution in [3.8, 4) is 33.7 Å². The van der Waals surface area contributed by atoms with Crippen LogP contribution in [0.2, 0.25) is 0 Å². The Morgan fingerprint density at radius 2 is 1.05 bits per heavy atom. The third-order valence-electron chi connectivity index (χ3n) is 10.7. The Bertz CT molecular complexity index is 3200. The summed E-state index contributed by atoms with van der Waals surface area (Å²) >= 11 is 0. The second kappa shape index (κ2) is 12.6. The van der Waals surface area contributed by atoms with Gasteiger partial charge in [-0.1, -0.05) is 133 Å². The van der Waals surface area contributed by atoms with Gasteiger partial charge in [0.25, 0.3) is 0 Å². The Morgan fingerprint density at radius 3 is 1.91 bits per heavy atom. The molecule has 11 aromatic rings. The van der Waals surface area contributed by atoms with Crippen LogP contribution >= 0.6 is 0 Å². The lowest BCUT2D eigenvalue weighted by molar-refractivity contribution is 0.622. The van der Waals surface area contributed by atoms with Crippen LogP contribution in [0.15, 0.2) is 203 Å². The monoisotopic (exact) mass is 704 g/mol. The van der Waals surface area contributed by atoms with Crippen molar-refractivity contribution in [1.82, 2.24) is 4.98 Å². The van der Waals surface area contributed by atoms with Crippen LogP contribution in [0.4, 0.5) is 17.1 Å². The van der Waals surface area contributed by atoms with E-state index in [-0.39, 0.29) is 0 Å². The van der Waals surface area contributed by atoms with E-state index in [1.54, 1.807) is 0 Å². The van der Waals surface area contributed by atoms with Gasteiger partial charge in [0.15, 0.2) is 5.58 Å². The first-order valence-electron chi connectivity index (χ1n) is 18.5. The fourth-order valence-corrected chi connectivity index (χ4v) is 8.03. The van der Waals surface area contributed by atoms with E-state index in [0.717, 1.165) is 66.8 Å². The van der Waals surface area contributed by atoms with E-state index in [4.69, 9.17) is 13.8 Å². The molecule has 0 aliphatic rings. The molecule has 258 valence electrons. The molecule has 0 aliphatic carbocycles. The number of furan rings is 1. The van der Waals surface area contributed by atoms with Gasteiger partial charge in [0.1, 0.15) is 16.7 Å². The third kappa shape index (κ3) is 5.26. The number of oxazole rings is 1. The summed E-state index contributed by atoms with van der Waals surface area (Å²) < 4.78 is 13.0. The molecule has 0 spiro atoms. The van der Waals surface area contributed by atoms with Gasteiger partial charge < -0.3 is 13.7 Å². The molecule has 2 heterocycles. The highest BCUT2D eigenvalue weighted by Crippen LogP contribution is 2.43. The molecule has 9 aromatic carbocycles. The summed E-state index contributed by atoms with van der Waals surface area (Å²) in [7, 11) is 0. The first-order valence-corrected chi connectivity index (χ1v) is 18.5. The molecule has 55 heavy (non-hydrogen) atoms. The number of hydrogen-bond donors (Lipinski definition) is 0. The molecule has 2 aromatic heterocycles. The van der Waals surface area contributed by atoms with Gasteiger partial charge in [-0.2, -0.15) is 0 Å². The van der Waals surface area contributed by atoms with Gasteiger partial charge in [0.2, 0.25) is 5.89 Å². The second-order valence-electron chi connectivity index (χ2n) is 13.9. The summed E-state index contributed by atoms with van der Waals surface area (Å²) in [5.74, 6) is 0.600. The maximum atomic E-state index is 6.61. The SMILES string of the molecule is c1ccc(-c2cccc(N(c3ccc(-c4cccc5c4oc4ccc6nc(-c7ccccc7)oc6c45)cc3)c3ccc4c(ccc5ccccc54)c3)c2)cc1. The van der Waals surface area contributed by atoms with Gasteiger partial charge in [-0.25, -0.2) is 4.98 Å². The van der Waals surface area contributed by atoms with Crippen LogP contribution < -0.4 is 4.90 Å². The predicted molar refractivity (Wildman–Crippen MR) is 227 cm³/mol. The summed E-state index contributed by atoms with van der Waals surface area (Å²) in [6.45, 7) is 0. The van der Waals surface area contributed by atoms with E-state index >= 15 is 0 Å². The number of para-hydroxylation sites is 1. The van der Waals surface area contributed by atoms with Crippen molar-refractivity contribution in [2.75, 3.05) is 4.90 Å². The Hall–Kier alpha value is -7.43. The highest BCUT2D eigenvalue weighted by Gasteiger charge is 2.20. The van der Waals surface area contributed by atoms with E-state index < -0.39 is 0 Å². The standard InChI is InChI=1S/C51H32N2O2/c1-3-11-33(12-4-1)37-16-9-17-40(31-37)53(41-27-28-43-38(32-41)22-21-34-13-7-8-18-42(34)43)39-25-23-35(24-26-39)44-19-10-20-45-48-47(54-49(44)45)30-29-46-50(48)55-51(52-46)36-14-5-2-6-15-36/h1-32H. The van der Waals surface area contributed by atoms with Crippen LogP contribution in [0.3, 0.4) is 0 Å². The lowest BCUT2D eigenvalue weighted by Gasteiger charge is -2.27. The minimum Gasteiger partial charge on any atom is -0.455 e. The van der Waals surface area contributed by atoms with Crippen molar-refractivity contribution in [3.05, 3.63) is 194 Å². The summed E-state index contributed by atoms with van der Waals surface area (Å²) in [5, 5.41) is 6.88. The van der Waals surface area contributed by atoms with Gasteiger partial charge >= 0.3 is 0 Å². The van der Waals surface area contributed by atoms with E-state index in [1.807, 2.05) is 42.5 Å². The van der Waals surface area contributed by atoms with Gasteiger partial charge in [-0.3, -0.25) is 0 Å². The van der Waals surface area contributed by atoms with E-state index in [9.17, 15) is 0 Å². The van der Waals surface area contributed by atoms with Crippen molar-refractivity contribution in [1.29, 1.82) is 0 Å². The molecule has 0 amide bonds. The fraction of sp³-hybridized carbons (Fsp3) is 0. The first-order chi connectivity index (χ1) is 27.2. The molecule has 0 bridgehead atoms. The minimum atomic E-state index is 0.600. The zero-order valence-corrected chi connectivity index (χ0v) is 29.7. The molecular formula is C51H32N2O2. The number of benzene rings is 9. The fourth-order valence-electron chi connectivity index (χ4n) is 8.03. The lowest BCUT2D eigenvalue weighted by atomic mass is 10.00. The molecule has 0 unspecified atom stereocenters. The molecule has 0 N–H and O–H groups in total. The van der Waals surface area contributed by atoms with Crippen LogP contribution in [0.5, 0.6) is 0 Å². The molecule has 0 atom stereocenters. The summed E-state index contributed by atoms with van der Waals surface area (Å²) in [6.07, 6.45) is 0. The summed E-state index contributed by atoms with van der Waals surface area (Å²) in [4.78, 5) is 7.16. The topological polar surface area (TPSA) is 42.4 Å². The molecular weight excluding hydrogens is 673 g/mol. The number of rotatable bonds is 6. The molecule has 0 aliphatic heterocycles. The number of hydrogen-bond acceptors (Lipinski definition) is 4. The average molecular weight is 705 g/mol. The Kier molecular flexibility index (Phi) is 7.14. The summed E-state index contributed by atoms with van der Waals surface area (Å²) in [6, 6.07) is 68.3. The molecule has 4 heteroatoms. The first kappa shape index (κ1) is 31.1. The molecule has 4 nitrogen and oxygen atoms in total. The molecule has 11 rings (SSSR count). The molecule has 0 saturated heterocycles. The van der Waals surface area contributed by atoms with Gasteiger partial charge in [0.05, 0.1) is 5.39 Å². The Labute approximate surface area is 317 Å². The van der Waals surface area contributed by atoms with Crippen LogP contribution in [0.1, 0.15) is 0 Å². The summed E-state index contributed by atoms with van der Waals surface area (Å²) in [5.41, 5.74) is 11.7. The number of fused-ring (bicyclic) bond motifs is 8. The van der Waals surface area contributed by atoms with Crippen LogP contribution in [-0.2, 0) is 0 Å². The highest BCUT2D eigenvalue weighted by atomic mass is 16.4. The lowest BCUT2D eigenvalue weighted by Crippen LogP contribution is -2.10. The van der Waals surface area contributed by atoms with Gasteiger partial charge in [-0.05, 0) is 98.9 Å². The highest BCUT2D eigenvalue weighted by molar-refractivity contribution is 6.18. The van der Waals surface area contributed by atoms with Crippen molar-refractivity contribution in [3.63, 3.8) is 0 Å². The van der Waals surface area contributed by atoms with E-state index in [0.29, 0.717) is 5.89 Å². The average Bonchev–Trinajstić information content (AvgIpc) is 3.87. The zero-order valence-electron chi connectivity index (χ0n) is 29.7. The normalized spacial score (nSPS) is 11.6. The van der Waals surface area contributed by atoms with Crippen LogP contribution in [0, 0.1) is 0 Å². The number of aromatic nitrogens is 1. The van der Waals surface area contributed by atoms with Crippen molar-refractivity contribution in [2.24, 2.45) is 0 Å². The third-order valence-corrected chi connectivity index (χ3v) is 10.7. The second-order valence-corrected chi connectivity index (χ2v) is 13.9. The maximum absolute atomic E-state index is 6.61. The Morgan fingerprint density at radius 1 is 0.382 bits per heavy atom. The van der Waals surface area contributed by atoms with E-state index in [1.165, 1.54) is 32.7 Å². The van der Waals surface area contributed by atoms with Crippen molar-refractivity contribution < 1.29 is 8.83 Å². The predicted octanol–water partition coefficient (Wildman–Crippen LogP) is 14.5.